The van der Waals surface area contributed by atoms with Gasteiger partial charge in [0.25, 0.3) is 5.91 Å². The molecular formula is C21H22N6O. The first-order valence-electron chi connectivity index (χ1n) is 8.63. The summed E-state index contributed by atoms with van der Waals surface area (Å²) < 4.78 is 0. The minimum atomic E-state index is -0.303. The molecule has 8 N–H and O–H groups in total. The van der Waals surface area contributed by atoms with Crippen molar-refractivity contribution in [1.82, 2.24) is 5.01 Å². The van der Waals surface area contributed by atoms with Crippen molar-refractivity contribution in [3.63, 3.8) is 0 Å². The van der Waals surface area contributed by atoms with Crippen molar-refractivity contribution in [2.24, 2.45) is 11.6 Å². The molecule has 0 saturated carbocycles. The third kappa shape index (κ3) is 3.65. The maximum atomic E-state index is 12.7. The second-order valence-corrected chi connectivity index (χ2v) is 6.31. The van der Waals surface area contributed by atoms with Gasteiger partial charge < -0.3 is 16.8 Å². The molecule has 0 unspecified atom stereocenters. The average molecular weight is 374 g/mol. The van der Waals surface area contributed by atoms with Crippen LogP contribution in [0.25, 0.3) is 0 Å². The Bertz CT molecular complexity index is 1020. The van der Waals surface area contributed by atoms with Crippen molar-refractivity contribution in [3.05, 3.63) is 95.0 Å². The Labute approximate surface area is 163 Å². The molecule has 0 saturated heterocycles. The summed E-state index contributed by atoms with van der Waals surface area (Å²) in [5, 5.41) is 12.6. The first-order valence-corrected chi connectivity index (χ1v) is 8.63. The van der Waals surface area contributed by atoms with Gasteiger partial charge >= 0.3 is 0 Å². The van der Waals surface area contributed by atoms with Gasteiger partial charge in [0.2, 0.25) is 0 Å². The molecule has 0 aliphatic carbocycles. The second-order valence-electron chi connectivity index (χ2n) is 6.31. The Balaban J connectivity index is 1.88. The van der Waals surface area contributed by atoms with E-state index in [0.717, 1.165) is 5.56 Å². The van der Waals surface area contributed by atoms with E-state index in [9.17, 15) is 4.79 Å². The van der Waals surface area contributed by atoms with Gasteiger partial charge in [0.1, 0.15) is 0 Å². The van der Waals surface area contributed by atoms with E-state index < -0.39 is 0 Å². The molecule has 0 aromatic heterocycles. The van der Waals surface area contributed by atoms with Crippen molar-refractivity contribution in [2.75, 3.05) is 11.1 Å². The van der Waals surface area contributed by atoms with Gasteiger partial charge in [-0.2, -0.15) is 0 Å². The summed E-state index contributed by atoms with van der Waals surface area (Å²) in [7, 11) is 0. The summed E-state index contributed by atoms with van der Waals surface area (Å²) >= 11 is 0. The van der Waals surface area contributed by atoms with Crippen molar-refractivity contribution >= 4 is 23.0 Å². The normalized spacial score (nSPS) is 15.1. The van der Waals surface area contributed by atoms with Gasteiger partial charge in [0.15, 0.2) is 0 Å². The van der Waals surface area contributed by atoms with Gasteiger partial charge in [-0.1, -0.05) is 30.3 Å². The largest absolute Gasteiger partial charge is 0.403 e. The van der Waals surface area contributed by atoms with Crippen molar-refractivity contribution in [2.45, 2.75) is 6.92 Å². The number of amides is 1. The number of nitrogen functional groups attached to an aromatic ring is 1. The number of anilines is 2. The highest BCUT2D eigenvalue weighted by atomic mass is 16.1. The summed E-state index contributed by atoms with van der Waals surface area (Å²) in [4.78, 5) is 12.7. The lowest BCUT2D eigenvalue weighted by atomic mass is 10.00. The first kappa shape index (κ1) is 18.9. The molecule has 142 valence electrons. The molecule has 1 aliphatic heterocycles. The molecule has 7 heteroatoms. The smallest absolute Gasteiger partial charge is 0.256 e. The lowest BCUT2D eigenvalue weighted by molar-refractivity contribution is -0.112. The fourth-order valence-corrected chi connectivity index (χ4v) is 2.96. The number of allylic oxidation sites excluding steroid dienone is 1. The molecule has 0 radical (unpaired) electrons. The Kier molecular flexibility index (Phi) is 5.28. The zero-order valence-corrected chi connectivity index (χ0v) is 15.4. The fourth-order valence-electron chi connectivity index (χ4n) is 2.96. The van der Waals surface area contributed by atoms with Crippen molar-refractivity contribution in [1.29, 1.82) is 5.41 Å². The quantitative estimate of drug-likeness (QED) is 0.318. The highest BCUT2D eigenvalue weighted by Gasteiger charge is 2.20. The van der Waals surface area contributed by atoms with Crippen molar-refractivity contribution < 1.29 is 4.79 Å². The van der Waals surface area contributed by atoms with E-state index in [1.807, 2.05) is 30.3 Å². The van der Waals surface area contributed by atoms with E-state index in [1.165, 1.54) is 11.2 Å². The predicted molar refractivity (Wildman–Crippen MR) is 112 cm³/mol. The van der Waals surface area contributed by atoms with Gasteiger partial charge in [0.05, 0.1) is 11.4 Å². The molecule has 2 aromatic carbocycles. The number of benzene rings is 2. The molecule has 0 bridgehead atoms. The standard InChI is InChI=1S/C21H22N6O/c1-13-16(9-10-27(25)19(13)12-22)21(28)26-15-7-8-18(23)17(11-15)20(24)14-5-3-2-4-6-14/h2-12,24H,22-23,25H2,1H3,(H,26,28)/b19-12-,24-20?. The number of hydrogen-bond acceptors (Lipinski definition) is 6. The highest BCUT2D eigenvalue weighted by molar-refractivity contribution is 6.15. The minimum absolute atomic E-state index is 0.286. The van der Waals surface area contributed by atoms with Crippen LogP contribution in [0.5, 0.6) is 0 Å². The molecule has 1 amide bonds. The second kappa shape index (κ2) is 7.81. The van der Waals surface area contributed by atoms with E-state index in [1.54, 1.807) is 37.4 Å². The lowest BCUT2D eigenvalue weighted by Crippen LogP contribution is -2.30. The maximum Gasteiger partial charge on any atom is 0.256 e. The fraction of sp³-hybridized carbons (Fsp3) is 0.0476. The summed E-state index contributed by atoms with van der Waals surface area (Å²) in [5.41, 5.74) is 15.9. The molecule has 1 aliphatic rings. The molecule has 0 atom stereocenters. The summed E-state index contributed by atoms with van der Waals surface area (Å²) in [6.07, 6.45) is 4.55. The van der Waals surface area contributed by atoms with E-state index in [0.29, 0.717) is 33.8 Å². The van der Waals surface area contributed by atoms with Crippen LogP contribution in [0.3, 0.4) is 0 Å². The van der Waals surface area contributed by atoms with Gasteiger partial charge in [-0.25, -0.2) is 5.84 Å². The third-order valence-corrected chi connectivity index (χ3v) is 4.51. The topological polar surface area (TPSA) is 134 Å². The predicted octanol–water partition coefficient (Wildman–Crippen LogP) is 2.44. The van der Waals surface area contributed by atoms with E-state index in [-0.39, 0.29) is 11.6 Å². The molecule has 7 nitrogen and oxygen atoms in total. The Hall–Kier alpha value is -3.84. The summed E-state index contributed by atoms with van der Waals surface area (Å²) in [6, 6.07) is 14.4. The van der Waals surface area contributed by atoms with Crippen LogP contribution in [0.4, 0.5) is 11.4 Å². The average Bonchev–Trinajstić information content (AvgIpc) is 2.70. The summed E-state index contributed by atoms with van der Waals surface area (Å²) in [6.45, 7) is 1.77. The number of rotatable bonds is 4. The highest BCUT2D eigenvalue weighted by Crippen LogP contribution is 2.25. The monoisotopic (exact) mass is 374 g/mol. The molecule has 0 spiro atoms. The number of nitrogens with two attached hydrogens (primary N) is 3. The van der Waals surface area contributed by atoms with Crippen LogP contribution in [-0.4, -0.2) is 16.6 Å². The van der Waals surface area contributed by atoms with Crippen LogP contribution in [0, 0.1) is 5.41 Å². The van der Waals surface area contributed by atoms with Crippen LogP contribution in [-0.2, 0) is 4.79 Å². The number of carbonyl (C=O) groups excluding carboxylic acids is 1. The molecule has 2 aromatic rings. The van der Waals surface area contributed by atoms with Crippen LogP contribution in [0.15, 0.2) is 83.9 Å². The van der Waals surface area contributed by atoms with E-state index in [2.05, 4.69) is 5.32 Å². The van der Waals surface area contributed by atoms with Gasteiger partial charge in [-0.05, 0) is 36.8 Å². The number of nitrogens with zero attached hydrogens (tertiary/aromatic N) is 1. The molecule has 0 fully saturated rings. The number of hydrogen-bond donors (Lipinski definition) is 5. The van der Waals surface area contributed by atoms with E-state index >= 15 is 0 Å². The van der Waals surface area contributed by atoms with Gasteiger partial charge in [-0.3, -0.25) is 15.2 Å². The Morgan fingerprint density at radius 2 is 1.89 bits per heavy atom. The Morgan fingerprint density at radius 3 is 2.57 bits per heavy atom. The number of carbonyl (C=O) groups is 1. The van der Waals surface area contributed by atoms with Crippen LogP contribution in [0.1, 0.15) is 18.1 Å². The van der Waals surface area contributed by atoms with Gasteiger partial charge in [-0.15, -0.1) is 0 Å². The zero-order chi connectivity index (χ0) is 20.3. The maximum absolute atomic E-state index is 12.7. The molecule has 1 heterocycles. The number of hydrazine groups is 1. The van der Waals surface area contributed by atoms with Crippen LogP contribution >= 0.6 is 0 Å². The van der Waals surface area contributed by atoms with Crippen LogP contribution < -0.4 is 22.6 Å². The first-order chi connectivity index (χ1) is 13.4. The Morgan fingerprint density at radius 1 is 1.18 bits per heavy atom. The number of nitrogens with one attached hydrogen (secondary N) is 2. The van der Waals surface area contributed by atoms with Gasteiger partial charge in [0, 0.05) is 40.5 Å². The lowest BCUT2D eigenvalue weighted by Gasteiger charge is -2.24. The molecule has 3 rings (SSSR count). The minimum Gasteiger partial charge on any atom is -0.403 e. The SMILES string of the molecule is CC1=C(C(=O)Nc2ccc(N)c(C(=N)c3ccccc3)c2)C=CN(N)/C1=C\N. The molecular weight excluding hydrogens is 352 g/mol. The zero-order valence-electron chi connectivity index (χ0n) is 15.4. The van der Waals surface area contributed by atoms with Crippen LogP contribution in [0.2, 0.25) is 0 Å². The third-order valence-electron chi connectivity index (χ3n) is 4.51. The van der Waals surface area contributed by atoms with E-state index in [4.69, 9.17) is 22.7 Å². The van der Waals surface area contributed by atoms with Crippen molar-refractivity contribution in [3.8, 4) is 0 Å². The summed E-state index contributed by atoms with van der Waals surface area (Å²) in [5.74, 6) is 5.51. The molecule has 28 heavy (non-hydrogen) atoms.